The SMILES string of the molecule is NCCCc1ccc(OCc2ccccc2)c(Br)n1. The molecule has 0 saturated heterocycles. The molecule has 0 unspecified atom stereocenters. The number of aromatic nitrogens is 1. The molecule has 3 nitrogen and oxygen atoms in total. The van der Waals surface area contributed by atoms with Gasteiger partial charge >= 0.3 is 0 Å². The number of aryl methyl sites for hydroxylation is 1. The molecule has 2 aromatic rings. The van der Waals surface area contributed by atoms with Crippen LogP contribution in [0.1, 0.15) is 17.7 Å². The molecule has 2 rings (SSSR count). The maximum Gasteiger partial charge on any atom is 0.152 e. The Labute approximate surface area is 121 Å². The van der Waals surface area contributed by atoms with E-state index in [-0.39, 0.29) is 0 Å². The van der Waals surface area contributed by atoms with Gasteiger partial charge in [-0.05, 0) is 53.0 Å². The van der Waals surface area contributed by atoms with Crippen molar-refractivity contribution < 1.29 is 4.74 Å². The maximum absolute atomic E-state index is 5.75. The molecule has 0 radical (unpaired) electrons. The van der Waals surface area contributed by atoms with Crippen molar-refractivity contribution in [2.24, 2.45) is 5.73 Å². The van der Waals surface area contributed by atoms with E-state index in [1.54, 1.807) is 0 Å². The fourth-order valence-corrected chi connectivity index (χ4v) is 2.20. The minimum Gasteiger partial charge on any atom is -0.486 e. The van der Waals surface area contributed by atoms with Gasteiger partial charge in [0, 0.05) is 5.69 Å². The third kappa shape index (κ3) is 4.33. The summed E-state index contributed by atoms with van der Waals surface area (Å²) in [5.74, 6) is 0.764. The summed E-state index contributed by atoms with van der Waals surface area (Å²) in [6.07, 6.45) is 1.84. The molecule has 0 spiro atoms. The molecule has 0 saturated carbocycles. The fourth-order valence-electron chi connectivity index (χ4n) is 1.72. The molecule has 1 heterocycles. The Morgan fingerprint density at radius 1 is 1.11 bits per heavy atom. The zero-order chi connectivity index (χ0) is 13.5. The van der Waals surface area contributed by atoms with E-state index in [0.717, 1.165) is 34.5 Å². The summed E-state index contributed by atoms with van der Waals surface area (Å²) in [5, 5.41) is 0. The summed E-state index contributed by atoms with van der Waals surface area (Å²) in [7, 11) is 0. The monoisotopic (exact) mass is 320 g/mol. The number of pyridine rings is 1. The predicted molar refractivity (Wildman–Crippen MR) is 80.1 cm³/mol. The standard InChI is InChI=1S/C15H17BrN2O/c16-15-14(9-8-13(18-15)7-4-10-17)19-11-12-5-2-1-3-6-12/h1-3,5-6,8-9H,4,7,10-11,17H2. The second-order valence-corrected chi connectivity index (χ2v) is 5.01. The van der Waals surface area contributed by atoms with Gasteiger partial charge in [-0.1, -0.05) is 30.3 Å². The zero-order valence-electron chi connectivity index (χ0n) is 10.7. The molecule has 4 heteroatoms. The Hall–Kier alpha value is -1.39. The number of halogens is 1. The Bertz CT molecular complexity index is 517. The summed E-state index contributed by atoms with van der Waals surface area (Å²) in [5.41, 5.74) is 7.66. The molecule has 1 aromatic heterocycles. The zero-order valence-corrected chi connectivity index (χ0v) is 12.3. The topological polar surface area (TPSA) is 48.1 Å². The van der Waals surface area contributed by atoms with Crippen molar-refractivity contribution >= 4 is 15.9 Å². The molecule has 0 fully saturated rings. The summed E-state index contributed by atoms with van der Waals surface area (Å²) >= 11 is 3.45. The van der Waals surface area contributed by atoms with Gasteiger partial charge in [-0.15, -0.1) is 0 Å². The molecule has 0 bridgehead atoms. The first-order valence-electron chi connectivity index (χ1n) is 6.32. The van der Waals surface area contributed by atoms with Crippen LogP contribution in [0.25, 0.3) is 0 Å². The lowest BCUT2D eigenvalue weighted by Gasteiger charge is -2.09. The van der Waals surface area contributed by atoms with Crippen LogP contribution in [0.5, 0.6) is 5.75 Å². The number of hydrogen-bond acceptors (Lipinski definition) is 3. The number of ether oxygens (including phenoxy) is 1. The molecule has 0 amide bonds. The fraction of sp³-hybridized carbons (Fsp3) is 0.267. The van der Waals surface area contributed by atoms with E-state index in [1.165, 1.54) is 0 Å². The number of nitrogens with two attached hydrogens (primary N) is 1. The maximum atomic E-state index is 5.75. The average molecular weight is 321 g/mol. The van der Waals surface area contributed by atoms with E-state index in [2.05, 4.69) is 20.9 Å². The second kappa shape index (κ2) is 7.26. The van der Waals surface area contributed by atoms with Crippen molar-refractivity contribution in [2.45, 2.75) is 19.4 Å². The molecule has 19 heavy (non-hydrogen) atoms. The minimum absolute atomic E-state index is 0.545. The summed E-state index contributed by atoms with van der Waals surface area (Å²) in [6, 6.07) is 14.0. The Morgan fingerprint density at radius 2 is 1.89 bits per heavy atom. The molecular weight excluding hydrogens is 304 g/mol. The summed E-state index contributed by atoms with van der Waals surface area (Å²) < 4.78 is 6.50. The molecule has 0 aliphatic rings. The Kier molecular flexibility index (Phi) is 5.36. The van der Waals surface area contributed by atoms with Crippen molar-refractivity contribution in [3.8, 4) is 5.75 Å². The highest BCUT2D eigenvalue weighted by Crippen LogP contribution is 2.24. The highest BCUT2D eigenvalue weighted by molar-refractivity contribution is 9.10. The van der Waals surface area contributed by atoms with Crippen LogP contribution in [-0.4, -0.2) is 11.5 Å². The quantitative estimate of drug-likeness (QED) is 0.831. The lowest BCUT2D eigenvalue weighted by Crippen LogP contribution is -2.02. The van der Waals surface area contributed by atoms with E-state index < -0.39 is 0 Å². The van der Waals surface area contributed by atoms with Gasteiger partial charge in [-0.2, -0.15) is 0 Å². The number of benzene rings is 1. The van der Waals surface area contributed by atoms with Crippen molar-refractivity contribution in [2.75, 3.05) is 6.54 Å². The van der Waals surface area contributed by atoms with Gasteiger partial charge in [0.05, 0.1) is 0 Å². The molecule has 100 valence electrons. The molecule has 0 aliphatic heterocycles. The van der Waals surface area contributed by atoms with Crippen LogP contribution >= 0.6 is 15.9 Å². The smallest absolute Gasteiger partial charge is 0.152 e. The van der Waals surface area contributed by atoms with Crippen LogP contribution in [0.4, 0.5) is 0 Å². The Balaban J connectivity index is 1.97. The van der Waals surface area contributed by atoms with Crippen LogP contribution in [0, 0.1) is 0 Å². The van der Waals surface area contributed by atoms with Gasteiger partial charge in [-0.3, -0.25) is 0 Å². The van der Waals surface area contributed by atoms with Gasteiger partial charge in [0.25, 0.3) is 0 Å². The van der Waals surface area contributed by atoms with Gasteiger partial charge < -0.3 is 10.5 Å². The van der Waals surface area contributed by atoms with Gasteiger partial charge in [-0.25, -0.2) is 4.98 Å². The average Bonchev–Trinajstić information content (AvgIpc) is 2.45. The first kappa shape index (κ1) is 14.0. The first-order chi connectivity index (χ1) is 9.29. The van der Waals surface area contributed by atoms with E-state index in [1.807, 2.05) is 42.5 Å². The van der Waals surface area contributed by atoms with Crippen LogP contribution in [-0.2, 0) is 13.0 Å². The molecule has 0 atom stereocenters. The number of nitrogens with zero attached hydrogens (tertiary/aromatic N) is 1. The number of rotatable bonds is 6. The Morgan fingerprint density at radius 3 is 2.58 bits per heavy atom. The lowest BCUT2D eigenvalue weighted by molar-refractivity contribution is 0.302. The van der Waals surface area contributed by atoms with Crippen LogP contribution < -0.4 is 10.5 Å². The molecule has 1 aromatic carbocycles. The second-order valence-electron chi connectivity index (χ2n) is 4.26. The van der Waals surface area contributed by atoms with E-state index in [9.17, 15) is 0 Å². The normalized spacial score (nSPS) is 10.4. The van der Waals surface area contributed by atoms with E-state index >= 15 is 0 Å². The van der Waals surface area contributed by atoms with E-state index in [0.29, 0.717) is 13.2 Å². The van der Waals surface area contributed by atoms with Crippen LogP contribution in [0.3, 0.4) is 0 Å². The lowest BCUT2D eigenvalue weighted by atomic mass is 10.2. The van der Waals surface area contributed by atoms with Crippen LogP contribution in [0.15, 0.2) is 47.1 Å². The van der Waals surface area contributed by atoms with Crippen molar-refractivity contribution in [3.63, 3.8) is 0 Å². The third-order valence-corrected chi connectivity index (χ3v) is 3.31. The molecular formula is C15H17BrN2O. The van der Waals surface area contributed by atoms with Gasteiger partial charge in [0.2, 0.25) is 0 Å². The first-order valence-corrected chi connectivity index (χ1v) is 7.11. The van der Waals surface area contributed by atoms with Gasteiger partial charge in [0.15, 0.2) is 5.75 Å². The van der Waals surface area contributed by atoms with Gasteiger partial charge in [0.1, 0.15) is 11.2 Å². The highest BCUT2D eigenvalue weighted by Gasteiger charge is 2.04. The molecule has 0 aliphatic carbocycles. The summed E-state index contributed by atoms with van der Waals surface area (Å²) in [6.45, 7) is 1.23. The van der Waals surface area contributed by atoms with Crippen molar-refractivity contribution in [3.05, 3.63) is 58.3 Å². The van der Waals surface area contributed by atoms with E-state index in [4.69, 9.17) is 10.5 Å². The largest absolute Gasteiger partial charge is 0.486 e. The predicted octanol–water partition coefficient (Wildman–Crippen LogP) is 3.31. The van der Waals surface area contributed by atoms with Crippen LogP contribution in [0.2, 0.25) is 0 Å². The summed E-state index contributed by atoms with van der Waals surface area (Å²) in [4.78, 5) is 4.46. The third-order valence-electron chi connectivity index (χ3n) is 2.75. The molecule has 2 N–H and O–H groups in total. The van der Waals surface area contributed by atoms with Crippen molar-refractivity contribution in [1.29, 1.82) is 0 Å². The van der Waals surface area contributed by atoms with Crippen molar-refractivity contribution in [1.82, 2.24) is 4.98 Å². The minimum atomic E-state index is 0.545. The number of hydrogen-bond donors (Lipinski definition) is 1. The highest BCUT2D eigenvalue weighted by atomic mass is 79.9.